The fraction of sp³-hybridized carbons (Fsp3) is 0.265. The van der Waals surface area contributed by atoms with Crippen LogP contribution in [0.15, 0.2) is 78.9 Å². The lowest BCUT2D eigenvalue weighted by atomic mass is 9.97. The molecule has 7 heteroatoms. The third kappa shape index (κ3) is 4.45. The summed E-state index contributed by atoms with van der Waals surface area (Å²) in [5.74, 6) is -0.00777. The first-order valence-corrected chi connectivity index (χ1v) is 18.1. The summed E-state index contributed by atoms with van der Waals surface area (Å²) in [5.41, 5.74) is 7.29. The number of nitrogens with zero attached hydrogens (tertiary/aromatic N) is 2. The Hall–Kier alpha value is -3.91. The summed E-state index contributed by atoms with van der Waals surface area (Å²) in [6, 6.07) is 28.2. The lowest BCUT2D eigenvalue weighted by Crippen LogP contribution is -2.22. The quantitative estimate of drug-likeness (QED) is 0.146. The van der Waals surface area contributed by atoms with Crippen molar-refractivity contribution in [2.75, 3.05) is 6.61 Å². The van der Waals surface area contributed by atoms with Crippen LogP contribution in [0.2, 0.25) is 25.7 Å². The molecular formula is C34H35N3O3Si. The van der Waals surface area contributed by atoms with Gasteiger partial charge in [0.05, 0.1) is 34.2 Å². The first kappa shape index (κ1) is 26.0. The minimum absolute atomic E-state index is 0.00777. The molecule has 0 fully saturated rings. The maximum absolute atomic E-state index is 13.4. The Kier molecular flexibility index (Phi) is 6.45. The van der Waals surface area contributed by atoms with Crippen LogP contribution in [0.1, 0.15) is 21.5 Å². The zero-order chi connectivity index (χ0) is 28.1. The van der Waals surface area contributed by atoms with Gasteiger partial charge in [0.2, 0.25) is 0 Å². The number of ether oxygens (including phenoxy) is 2. The average molecular weight is 562 g/mol. The molecule has 0 saturated heterocycles. The normalized spacial score (nSPS) is 13.6. The molecule has 2 aromatic heterocycles. The Labute approximate surface area is 240 Å². The van der Waals surface area contributed by atoms with Crippen molar-refractivity contribution in [3.8, 4) is 0 Å². The number of hydrogen-bond acceptors (Lipinski definition) is 3. The van der Waals surface area contributed by atoms with Gasteiger partial charge in [0, 0.05) is 42.8 Å². The molecule has 0 bridgehead atoms. The number of para-hydroxylation sites is 2. The summed E-state index contributed by atoms with van der Waals surface area (Å²) in [5, 5.41) is 7.47. The summed E-state index contributed by atoms with van der Waals surface area (Å²) in [7, 11) is -1.24. The number of rotatable bonds is 9. The molecule has 7 rings (SSSR count). The van der Waals surface area contributed by atoms with Gasteiger partial charge in [-0.2, -0.15) is 0 Å². The van der Waals surface area contributed by atoms with Gasteiger partial charge in [0.15, 0.2) is 0 Å². The monoisotopic (exact) mass is 561 g/mol. The summed E-state index contributed by atoms with van der Waals surface area (Å²) < 4.78 is 17.3. The largest absolute Gasteiger partial charge is 0.361 e. The van der Waals surface area contributed by atoms with Crippen LogP contribution in [-0.2, 0) is 36.1 Å². The highest BCUT2D eigenvalue weighted by atomic mass is 28.3. The number of benzene rings is 4. The standard InChI is InChI=1S/C34H35N3O3Si/c1-41(2,3)18-17-39-21-36-28-16-10-8-14-25(28)30-31-26(19-35-34(31)38)29-24-13-7-9-15-27(24)37(32(29)33(30)36)22-40-20-23-11-5-4-6-12-23/h4-16H,17-22H2,1-3H3,(H,35,38). The highest BCUT2D eigenvalue weighted by molar-refractivity contribution is 6.76. The SMILES string of the molecule is C[Si](C)(C)CCOCn1c2ccccc2c2c3c(c4c5ccccc5n(COCc5ccccc5)c4c21)CNC3=O. The Morgan fingerprint density at radius 1 is 0.756 bits per heavy atom. The smallest absolute Gasteiger partial charge is 0.252 e. The molecule has 208 valence electrons. The van der Waals surface area contributed by atoms with Gasteiger partial charge >= 0.3 is 0 Å². The van der Waals surface area contributed by atoms with Crippen LogP contribution in [-0.4, -0.2) is 29.7 Å². The van der Waals surface area contributed by atoms with Crippen LogP contribution in [0.25, 0.3) is 43.6 Å². The molecule has 0 atom stereocenters. The van der Waals surface area contributed by atoms with Crippen molar-refractivity contribution in [3.63, 3.8) is 0 Å². The van der Waals surface area contributed by atoms with E-state index in [2.05, 4.69) is 94.8 Å². The Morgan fingerprint density at radius 2 is 1.34 bits per heavy atom. The second-order valence-electron chi connectivity index (χ2n) is 12.2. The van der Waals surface area contributed by atoms with E-state index in [0.717, 1.165) is 73.0 Å². The highest BCUT2D eigenvalue weighted by Crippen LogP contribution is 2.44. The molecule has 1 aliphatic heterocycles. The van der Waals surface area contributed by atoms with E-state index in [-0.39, 0.29) is 5.91 Å². The molecule has 0 unspecified atom stereocenters. The number of carbonyl (C=O) groups is 1. The Morgan fingerprint density at radius 3 is 2.02 bits per heavy atom. The maximum Gasteiger partial charge on any atom is 0.252 e. The van der Waals surface area contributed by atoms with Gasteiger partial charge in [0.1, 0.15) is 13.5 Å². The van der Waals surface area contributed by atoms with Gasteiger partial charge in [-0.05, 0) is 29.3 Å². The van der Waals surface area contributed by atoms with Crippen molar-refractivity contribution in [1.82, 2.24) is 14.5 Å². The van der Waals surface area contributed by atoms with Gasteiger partial charge < -0.3 is 23.9 Å². The lowest BCUT2D eigenvalue weighted by Gasteiger charge is -2.17. The van der Waals surface area contributed by atoms with Crippen LogP contribution in [0, 0.1) is 0 Å². The third-order valence-electron chi connectivity index (χ3n) is 8.22. The topological polar surface area (TPSA) is 57.4 Å². The number of nitrogens with one attached hydrogen (secondary N) is 1. The minimum Gasteiger partial charge on any atom is -0.361 e. The Bertz CT molecular complexity index is 1930. The van der Waals surface area contributed by atoms with E-state index in [1.165, 1.54) is 0 Å². The van der Waals surface area contributed by atoms with Crippen molar-refractivity contribution in [2.24, 2.45) is 0 Å². The molecule has 3 heterocycles. The molecule has 0 aliphatic carbocycles. The van der Waals surface area contributed by atoms with Crippen LogP contribution in [0.4, 0.5) is 0 Å². The highest BCUT2D eigenvalue weighted by Gasteiger charge is 2.32. The molecule has 0 radical (unpaired) electrons. The van der Waals surface area contributed by atoms with Crippen molar-refractivity contribution in [3.05, 3.63) is 95.6 Å². The molecule has 1 N–H and O–H groups in total. The molecular weight excluding hydrogens is 526 g/mol. The molecule has 0 saturated carbocycles. The first-order chi connectivity index (χ1) is 19.9. The predicted octanol–water partition coefficient (Wildman–Crippen LogP) is 7.63. The zero-order valence-corrected chi connectivity index (χ0v) is 24.9. The van der Waals surface area contributed by atoms with Gasteiger partial charge in [-0.1, -0.05) is 86.4 Å². The van der Waals surface area contributed by atoms with Crippen molar-refractivity contribution in [2.45, 2.75) is 52.3 Å². The average Bonchev–Trinajstić information content (AvgIpc) is 3.61. The predicted molar refractivity (Wildman–Crippen MR) is 169 cm³/mol. The first-order valence-electron chi connectivity index (χ1n) is 14.4. The summed E-state index contributed by atoms with van der Waals surface area (Å²) >= 11 is 0. The maximum atomic E-state index is 13.4. The van der Waals surface area contributed by atoms with E-state index in [4.69, 9.17) is 9.47 Å². The van der Waals surface area contributed by atoms with E-state index in [1.54, 1.807) is 0 Å². The summed E-state index contributed by atoms with van der Waals surface area (Å²) in [6.07, 6.45) is 0. The lowest BCUT2D eigenvalue weighted by molar-refractivity contribution is 0.0692. The molecule has 0 spiro atoms. The third-order valence-corrected chi connectivity index (χ3v) is 9.93. The van der Waals surface area contributed by atoms with Crippen LogP contribution in [0.5, 0.6) is 0 Å². The molecule has 1 aliphatic rings. The molecule has 6 nitrogen and oxygen atoms in total. The van der Waals surface area contributed by atoms with Crippen molar-refractivity contribution in [1.29, 1.82) is 0 Å². The minimum atomic E-state index is -1.24. The second-order valence-corrected chi connectivity index (χ2v) is 17.8. The second kappa shape index (κ2) is 10.2. The van der Waals surface area contributed by atoms with E-state index < -0.39 is 8.07 Å². The number of aromatic nitrogens is 2. The number of carbonyl (C=O) groups excluding carboxylic acids is 1. The van der Waals surface area contributed by atoms with Gasteiger partial charge in [-0.25, -0.2) is 0 Å². The summed E-state index contributed by atoms with van der Waals surface area (Å²) in [4.78, 5) is 13.4. The van der Waals surface area contributed by atoms with Crippen molar-refractivity contribution < 1.29 is 14.3 Å². The van der Waals surface area contributed by atoms with Gasteiger partial charge in [-0.3, -0.25) is 4.79 Å². The van der Waals surface area contributed by atoms with Crippen LogP contribution >= 0.6 is 0 Å². The van der Waals surface area contributed by atoms with Crippen LogP contribution in [0.3, 0.4) is 0 Å². The molecule has 1 amide bonds. The number of hydrogen-bond donors (Lipinski definition) is 1. The Balaban J connectivity index is 1.48. The number of fused-ring (bicyclic) bond motifs is 10. The van der Waals surface area contributed by atoms with E-state index in [1.807, 2.05) is 18.2 Å². The van der Waals surface area contributed by atoms with Crippen LogP contribution < -0.4 is 5.32 Å². The van der Waals surface area contributed by atoms with E-state index in [9.17, 15) is 4.79 Å². The van der Waals surface area contributed by atoms with E-state index >= 15 is 0 Å². The van der Waals surface area contributed by atoms with Gasteiger partial charge in [0.25, 0.3) is 5.91 Å². The fourth-order valence-corrected chi connectivity index (χ4v) is 7.01. The summed E-state index contributed by atoms with van der Waals surface area (Å²) in [6.45, 7) is 9.70. The zero-order valence-electron chi connectivity index (χ0n) is 23.9. The van der Waals surface area contributed by atoms with E-state index in [0.29, 0.717) is 26.6 Å². The molecule has 4 aromatic carbocycles. The van der Waals surface area contributed by atoms with Gasteiger partial charge in [-0.15, -0.1) is 0 Å². The fourth-order valence-electron chi connectivity index (χ4n) is 6.25. The molecule has 41 heavy (non-hydrogen) atoms. The molecule has 6 aromatic rings. The number of amides is 1. The van der Waals surface area contributed by atoms with Crippen molar-refractivity contribution >= 4 is 57.6 Å².